The molecule has 4 heteroatoms. The average molecular weight is 199 g/mol. The summed E-state index contributed by atoms with van der Waals surface area (Å²) >= 11 is 5.58. The molecule has 1 aromatic rings. The molecule has 0 radical (unpaired) electrons. The molecule has 0 aliphatic heterocycles. The first-order chi connectivity index (χ1) is 6.09. The van der Waals surface area contributed by atoms with Gasteiger partial charge in [-0.1, -0.05) is 0 Å². The van der Waals surface area contributed by atoms with Gasteiger partial charge >= 0.3 is 0 Å². The molecule has 1 aromatic heterocycles. The molecule has 0 aliphatic rings. The van der Waals surface area contributed by atoms with Crippen LogP contribution in [0.2, 0.25) is 0 Å². The van der Waals surface area contributed by atoms with Crippen molar-refractivity contribution in [2.24, 2.45) is 0 Å². The van der Waals surface area contributed by atoms with E-state index in [0.717, 1.165) is 5.56 Å². The van der Waals surface area contributed by atoms with E-state index in [0.29, 0.717) is 5.82 Å². The number of nitrogens with one attached hydrogen (secondary N) is 1. The maximum Gasteiger partial charge on any atom is 0.243 e. The van der Waals surface area contributed by atoms with Crippen LogP contribution < -0.4 is 5.32 Å². The van der Waals surface area contributed by atoms with E-state index in [1.54, 1.807) is 19.2 Å². The van der Waals surface area contributed by atoms with Crippen LogP contribution in [0.25, 0.3) is 0 Å². The Hall–Kier alpha value is -1.09. The van der Waals surface area contributed by atoms with E-state index in [-0.39, 0.29) is 5.91 Å². The predicted octanol–water partition coefficient (Wildman–Crippen LogP) is 1.96. The monoisotopic (exact) mass is 198 g/mol. The van der Waals surface area contributed by atoms with Gasteiger partial charge in [-0.15, -0.1) is 11.6 Å². The molecule has 0 spiro atoms. The fourth-order valence-electron chi connectivity index (χ4n) is 0.830. The molecule has 0 fully saturated rings. The fraction of sp³-hybridized carbons (Fsp3) is 0.333. The smallest absolute Gasteiger partial charge is 0.243 e. The Labute approximate surface area is 82.1 Å². The van der Waals surface area contributed by atoms with Gasteiger partial charge in [0, 0.05) is 6.20 Å². The summed E-state index contributed by atoms with van der Waals surface area (Å²) in [5.41, 5.74) is 1.05. The molecule has 70 valence electrons. The Morgan fingerprint density at radius 2 is 2.38 bits per heavy atom. The Balaban J connectivity index is 2.69. The van der Waals surface area contributed by atoms with Crippen molar-refractivity contribution in [1.82, 2.24) is 4.98 Å². The number of hydrogen-bond acceptors (Lipinski definition) is 2. The number of aromatic nitrogens is 1. The summed E-state index contributed by atoms with van der Waals surface area (Å²) in [6, 6.07) is 3.65. The van der Waals surface area contributed by atoms with Crippen LogP contribution in [0.15, 0.2) is 18.3 Å². The summed E-state index contributed by atoms with van der Waals surface area (Å²) in [4.78, 5) is 15.1. The molecular weight excluding hydrogens is 188 g/mol. The van der Waals surface area contributed by atoms with Crippen molar-refractivity contribution in [3.8, 4) is 0 Å². The van der Waals surface area contributed by atoms with Crippen LogP contribution >= 0.6 is 11.6 Å². The van der Waals surface area contributed by atoms with Gasteiger partial charge in [0.1, 0.15) is 11.2 Å². The van der Waals surface area contributed by atoms with E-state index >= 15 is 0 Å². The van der Waals surface area contributed by atoms with Crippen LogP contribution in [0.1, 0.15) is 12.5 Å². The number of carbonyl (C=O) groups excluding carboxylic acids is 1. The van der Waals surface area contributed by atoms with E-state index in [1.807, 2.05) is 13.0 Å². The van der Waals surface area contributed by atoms with Gasteiger partial charge in [-0.2, -0.15) is 0 Å². The SMILES string of the molecule is Cc1ccnc(NC(=O)[C@@H](C)Cl)c1. The van der Waals surface area contributed by atoms with Crippen LogP contribution in [-0.4, -0.2) is 16.3 Å². The molecule has 0 unspecified atom stereocenters. The second-order valence-electron chi connectivity index (χ2n) is 2.82. The summed E-state index contributed by atoms with van der Waals surface area (Å²) in [6.07, 6.45) is 1.64. The molecule has 0 saturated carbocycles. The minimum absolute atomic E-state index is 0.236. The molecule has 1 atom stereocenters. The highest BCUT2D eigenvalue weighted by Gasteiger charge is 2.09. The largest absolute Gasteiger partial charge is 0.309 e. The Morgan fingerprint density at radius 3 is 2.92 bits per heavy atom. The van der Waals surface area contributed by atoms with E-state index in [2.05, 4.69) is 10.3 Å². The topological polar surface area (TPSA) is 42.0 Å². The van der Waals surface area contributed by atoms with Crippen molar-refractivity contribution in [3.63, 3.8) is 0 Å². The summed E-state index contributed by atoms with van der Waals surface area (Å²) in [5.74, 6) is 0.303. The highest BCUT2D eigenvalue weighted by molar-refractivity contribution is 6.32. The molecule has 0 aromatic carbocycles. The molecule has 13 heavy (non-hydrogen) atoms. The maximum absolute atomic E-state index is 11.1. The predicted molar refractivity (Wildman–Crippen MR) is 52.9 cm³/mol. The number of carbonyl (C=O) groups is 1. The Morgan fingerprint density at radius 1 is 1.69 bits per heavy atom. The molecule has 0 aliphatic carbocycles. The molecule has 0 saturated heterocycles. The lowest BCUT2D eigenvalue weighted by atomic mass is 10.3. The normalized spacial score (nSPS) is 12.2. The van der Waals surface area contributed by atoms with Gasteiger partial charge in [0.2, 0.25) is 5.91 Å². The van der Waals surface area contributed by atoms with Crippen LogP contribution in [0.5, 0.6) is 0 Å². The quantitative estimate of drug-likeness (QED) is 0.739. The number of hydrogen-bond donors (Lipinski definition) is 1. The number of pyridine rings is 1. The number of nitrogens with zero attached hydrogens (tertiary/aromatic N) is 1. The lowest BCUT2D eigenvalue weighted by molar-refractivity contribution is -0.115. The third-order valence-electron chi connectivity index (χ3n) is 1.53. The van der Waals surface area contributed by atoms with Crippen LogP contribution in [-0.2, 0) is 4.79 Å². The molecule has 1 amide bonds. The Bertz CT molecular complexity index is 312. The van der Waals surface area contributed by atoms with Gasteiger partial charge in [0.15, 0.2) is 0 Å². The summed E-state index contributed by atoms with van der Waals surface area (Å²) < 4.78 is 0. The molecule has 1 N–H and O–H groups in total. The summed E-state index contributed by atoms with van der Waals surface area (Å²) in [6.45, 7) is 3.55. The number of aryl methyl sites for hydroxylation is 1. The minimum atomic E-state index is -0.540. The van der Waals surface area contributed by atoms with Crippen molar-refractivity contribution in [3.05, 3.63) is 23.9 Å². The van der Waals surface area contributed by atoms with E-state index < -0.39 is 5.38 Å². The van der Waals surface area contributed by atoms with Gasteiger partial charge in [0.05, 0.1) is 0 Å². The van der Waals surface area contributed by atoms with Crippen molar-refractivity contribution >= 4 is 23.3 Å². The number of amides is 1. The second-order valence-corrected chi connectivity index (χ2v) is 3.48. The highest BCUT2D eigenvalue weighted by atomic mass is 35.5. The number of anilines is 1. The molecule has 1 heterocycles. The standard InChI is InChI=1S/C9H11ClN2O/c1-6-3-4-11-8(5-6)12-9(13)7(2)10/h3-5,7H,1-2H3,(H,11,12,13)/t7-/m1/s1. The highest BCUT2D eigenvalue weighted by Crippen LogP contribution is 2.06. The number of halogens is 1. The molecular formula is C9H11ClN2O. The maximum atomic E-state index is 11.1. The third-order valence-corrected chi connectivity index (χ3v) is 1.73. The van der Waals surface area contributed by atoms with Gasteiger partial charge in [-0.3, -0.25) is 4.79 Å². The zero-order valence-electron chi connectivity index (χ0n) is 7.54. The lowest BCUT2D eigenvalue weighted by Crippen LogP contribution is -2.20. The van der Waals surface area contributed by atoms with Gasteiger partial charge in [0.25, 0.3) is 0 Å². The zero-order valence-corrected chi connectivity index (χ0v) is 8.30. The van der Waals surface area contributed by atoms with Crippen molar-refractivity contribution in [2.45, 2.75) is 19.2 Å². The Kier molecular flexibility index (Phi) is 3.25. The average Bonchev–Trinajstić information content (AvgIpc) is 2.04. The van der Waals surface area contributed by atoms with Gasteiger partial charge in [-0.05, 0) is 31.5 Å². The fourth-order valence-corrected chi connectivity index (χ4v) is 0.885. The van der Waals surface area contributed by atoms with Crippen LogP contribution in [0.4, 0.5) is 5.82 Å². The van der Waals surface area contributed by atoms with Gasteiger partial charge < -0.3 is 5.32 Å². The zero-order chi connectivity index (χ0) is 9.84. The van der Waals surface area contributed by atoms with E-state index in [4.69, 9.17) is 11.6 Å². The summed E-state index contributed by atoms with van der Waals surface area (Å²) in [7, 11) is 0. The van der Waals surface area contributed by atoms with E-state index in [1.165, 1.54) is 0 Å². The first-order valence-corrected chi connectivity index (χ1v) is 4.41. The minimum Gasteiger partial charge on any atom is -0.309 e. The van der Waals surface area contributed by atoms with Crippen LogP contribution in [0, 0.1) is 6.92 Å². The molecule has 1 rings (SSSR count). The van der Waals surface area contributed by atoms with E-state index in [9.17, 15) is 4.79 Å². The third kappa shape index (κ3) is 3.03. The first kappa shape index (κ1) is 9.99. The number of rotatable bonds is 2. The summed E-state index contributed by atoms with van der Waals surface area (Å²) in [5, 5.41) is 2.06. The van der Waals surface area contributed by atoms with Crippen molar-refractivity contribution in [1.29, 1.82) is 0 Å². The number of alkyl halides is 1. The van der Waals surface area contributed by atoms with Gasteiger partial charge in [-0.25, -0.2) is 4.98 Å². The molecule has 0 bridgehead atoms. The van der Waals surface area contributed by atoms with Crippen molar-refractivity contribution < 1.29 is 4.79 Å². The lowest BCUT2D eigenvalue weighted by Gasteiger charge is -2.05. The first-order valence-electron chi connectivity index (χ1n) is 3.97. The van der Waals surface area contributed by atoms with Crippen molar-refractivity contribution in [2.75, 3.05) is 5.32 Å². The van der Waals surface area contributed by atoms with Crippen LogP contribution in [0.3, 0.4) is 0 Å². The second kappa shape index (κ2) is 4.23. The molecule has 3 nitrogen and oxygen atoms in total.